The Balaban J connectivity index is 1.78. The summed E-state index contributed by atoms with van der Waals surface area (Å²) >= 11 is 0. The van der Waals surface area contributed by atoms with Crippen molar-refractivity contribution < 1.29 is 73.8 Å². The number of unbranched alkanes of at least 4 members (excludes halogenated alkanes) is 19. The molecule has 2 rings (SSSR count). The Bertz CT molecular complexity index is 1580. The van der Waals surface area contributed by atoms with Gasteiger partial charge in [0.1, 0.15) is 55.4 Å². The summed E-state index contributed by atoms with van der Waals surface area (Å²) in [6.45, 7) is 2.42. The average molecular weight is 1060 g/mol. The van der Waals surface area contributed by atoms with Gasteiger partial charge in [-0.2, -0.15) is 0 Å². The van der Waals surface area contributed by atoms with E-state index in [1.807, 2.05) is 12.2 Å². The predicted octanol–water partition coefficient (Wildman–Crippen LogP) is 9.77. The highest BCUT2D eigenvalue weighted by molar-refractivity contribution is 5.70. The van der Waals surface area contributed by atoms with Gasteiger partial charge in [0.25, 0.3) is 0 Å². The van der Waals surface area contributed by atoms with Gasteiger partial charge in [0.15, 0.2) is 18.7 Å². The Hall–Kier alpha value is -3.06. The van der Waals surface area contributed by atoms with Crippen molar-refractivity contribution in [3.63, 3.8) is 0 Å². The molecule has 11 atom stereocenters. The number of carbonyl (C=O) groups excluding carboxylic acids is 2. The summed E-state index contributed by atoms with van der Waals surface area (Å²) in [5.41, 5.74) is 0. The normalized spacial score (nSPS) is 25.0. The van der Waals surface area contributed by atoms with Crippen molar-refractivity contribution in [2.45, 2.75) is 268 Å². The fourth-order valence-corrected chi connectivity index (χ4v) is 8.77. The highest BCUT2D eigenvalue weighted by Crippen LogP contribution is 2.27. The zero-order chi connectivity index (χ0) is 54.6. The van der Waals surface area contributed by atoms with Crippen LogP contribution >= 0.6 is 0 Å². The number of ether oxygens (including phenoxy) is 6. The van der Waals surface area contributed by atoms with Crippen molar-refractivity contribution in [2.75, 3.05) is 26.4 Å². The largest absolute Gasteiger partial charge is 0.462 e. The number of esters is 2. The highest BCUT2D eigenvalue weighted by Gasteiger charge is 2.47. The van der Waals surface area contributed by atoms with E-state index in [-0.39, 0.29) is 19.4 Å². The molecular weight excluding hydrogens is 961 g/mol. The fraction of sp³-hybridized carbons (Fsp3) is 0.767. The van der Waals surface area contributed by atoms with Gasteiger partial charge in [0.05, 0.1) is 19.8 Å². The van der Waals surface area contributed by atoms with Gasteiger partial charge in [-0.3, -0.25) is 9.59 Å². The van der Waals surface area contributed by atoms with E-state index in [1.165, 1.54) is 103 Å². The van der Waals surface area contributed by atoms with E-state index in [0.717, 1.165) is 51.4 Å². The van der Waals surface area contributed by atoms with Crippen LogP contribution in [0.4, 0.5) is 0 Å². The lowest BCUT2D eigenvalue weighted by molar-refractivity contribution is -0.332. The standard InChI is InChI=1S/C60H102O15/c1-3-5-7-9-11-13-15-17-19-21-23-25-26-28-30-32-34-36-38-40-42-51(62)70-45-48(73-52(63)43-41-39-37-35-33-31-29-27-24-22-20-18-16-14-12-10-8-6-4-2)46-71-59-58(69)56(67)54(65)50(75-59)47-72-60-57(68)55(66)53(64)49(44-61)74-60/h6,8,12,14,18,20,24,27,31,33,37,39,48-50,53-61,64-69H,3-5,7,9-11,13,15-17,19,21-23,25-26,28-30,32,34-36,38,40-47H2,1-2H3/b8-6-,14-12-,20-18-,27-24-,33-31-,39-37-. The lowest BCUT2D eigenvalue weighted by Gasteiger charge is -2.42. The van der Waals surface area contributed by atoms with E-state index < -0.39 is 99.3 Å². The molecule has 0 radical (unpaired) electrons. The number of aliphatic hydroxyl groups is 7. The second-order valence-corrected chi connectivity index (χ2v) is 20.1. The molecule has 0 aliphatic carbocycles. The first-order valence-electron chi connectivity index (χ1n) is 29.0. The van der Waals surface area contributed by atoms with Crippen molar-refractivity contribution in [3.05, 3.63) is 72.9 Å². The van der Waals surface area contributed by atoms with Crippen LogP contribution in [-0.4, -0.2) is 142 Å². The third-order valence-electron chi connectivity index (χ3n) is 13.5. The van der Waals surface area contributed by atoms with Gasteiger partial charge in [-0.15, -0.1) is 0 Å². The Morgan fingerprint density at radius 3 is 1.29 bits per heavy atom. The molecule has 7 N–H and O–H groups in total. The van der Waals surface area contributed by atoms with Gasteiger partial charge >= 0.3 is 11.9 Å². The number of allylic oxidation sites excluding steroid dienone is 12. The van der Waals surface area contributed by atoms with Gasteiger partial charge in [-0.25, -0.2) is 0 Å². The second kappa shape index (κ2) is 45.9. The number of carbonyl (C=O) groups is 2. The molecule has 11 unspecified atom stereocenters. The highest BCUT2D eigenvalue weighted by atomic mass is 16.7. The summed E-state index contributed by atoms with van der Waals surface area (Å²) in [6, 6.07) is 0. The van der Waals surface area contributed by atoms with Gasteiger partial charge in [-0.1, -0.05) is 209 Å². The molecule has 2 heterocycles. The summed E-state index contributed by atoms with van der Waals surface area (Å²) in [4.78, 5) is 25.9. The van der Waals surface area contributed by atoms with Crippen LogP contribution in [0.5, 0.6) is 0 Å². The first-order chi connectivity index (χ1) is 36.5. The number of rotatable bonds is 45. The van der Waals surface area contributed by atoms with Gasteiger partial charge < -0.3 is 64.2 Å². The molecule has 2 aliphatic heterocycles. The molecule has 432 valence electrons. The molecule has 0 bridgehead atoms. The zero-order valence-electron chi connectivity index (χ0n) is 46.0. The maximum atomic E-state index is 13.0. The van der Waals surface area contributed by atoms with E-state index in [2.05, 4.69) is 74.6 Å². The molecule has 2 saturated heterocycles. The Kier molecular flexibility index (Phi) is 41.7. The molecule has 0 amide bonds. The molecule has 2 aliphatic rings. The topological polar surface area (TPSA) is 231 Å². The van der Waals surface area contributed by atoms with Crippen molar-refractivity contribution in [1.29, 1.82) is 0 Å². The van der Waals surface area contributed by atoms with E-state index in [4.69, 9.17) is 28.4 Å². The van der Waals surface area contributed by atoms with Crippen LogP contribution < -0.4 is 0 Å². The summed E-state index contributed by atoms with van der Waals surface area (Å²) in [5, 5.41) is 72.3. The van der Waals surface area contributed by atoms with Gasteiger partial charge in [0.2, 0.25) is 0 Å². The van der Waals surface area contributed by atoms with Crippen molar-refractivity contribution in [2.24, 2.45) is 0 Å². The minimum atomic E-state index is -1.78. The molecule has 0 aromatic rings. The maximum absolute atomic E-state index is 13.0. The van der Waals surface area contributed by atoms with E-state index in [0.29, 0.717) is 19.3 Å². The fourth-order valence-electron chi connectivity index (χ4n) is 8.77. The SMILES string of the molecule is CC/C=C\C/C=C\C/C=C\C/C=C\C/C=C\C/C=C\CCC(=O)OC(COC(=O)CCCCCCCCCCCCCCCCCCCCCC)COC1OC(COC2OC(CO)C(O)C(O)C2O)C(O)C(O)C1O. The van der Waals surface area contributed by atoms with Crippen LogP contribution in [0, 0.1) is 0 Å². The molecule has 0 aromatic carbocycles. The smallest absolute Gasteiger partial charge is 0.306 e. The molecule has 2 fully saturated rings. The van der Waals surface area contributed by atoms with E-state index >= 15 is 0 Å². The molecule has 15 heteroatoms. The van der Waals surface area contributed by atoms with E-state index in [1.54, 1.807) is 0 Å². The molecule has 0 spiro atoms. The van der Waals surface area contributed by atoms with Crippen molar-refractivity contribution >= 4 is 11.9 Å². The molecule has 0 aromatic heterocycles. The summed E-state index contributed by atoms with van der Waals surface area (Å²) in [7, 11) is 0. The lowest BCUT2D eigenvalue weighted by Crippen LogP contribution is -2.61. The predicted molar refractivity (Wildman–Crippen MR) is 293 cm³/mol. The second-order valence-electron chi connectivity index (χ2n) is 20.1. The monoisotopic (exact) mass is 1060 g/mol. The number of aliphatic hydroxyl groups excluding tert-OH is 7. The quantitative estimate of drug-likeness (QED) is 0.0171. The van der Waals surface area contributed by atoms with Crippen LogP contribution in [0.2, 0.25) is 0 Å². The number of hydrogen-bond acceptors (Lipinski definition) is 15. The lowest BCUT2D eigenvalue weighted by atomic mass is 9.98. The third kappa shape index (κ3) is 33.1. The van der Waals surface area contributed by atoms with Crippen LogP contribution in [0.1, 0.15) is 200 Å². The average Bonchev–Trinajstić information content (AvgIpc) is 3.40. The van der Waals surface area contributed by atoms with Gasteiger partial charge in [0, 0.05) is 12.8 Å². The van der Waals surface area contributed by atoms with Crippen LogP contribution in [0.15, 0.2) is 72.9 Å². The summed E-state index contributed by atoms with van der Waals surface area (Å²) in [5.74, 6) is -1.02. The minimum absolute atomic E-state index is 0.0385. The maximum Gasteiger partial charge on any atom is 0.306 e. The minimum Gasteiger partial charge on any atom is -0.462 e. The first kappa shape index (κ1) is 68.0. The van der Waals surface area contributed by atoms with Crippen LogP contribution in [0.3, 0.4) is 0 Å². The van der Waals surface area contributed by atoms with Crippen molar-refractivity contribution in [3.8, 4) is 0 Å². The molecule has 0 saturated carbocycles. The Morgan fingerprint density at radius 1 is 0.440 bits per heavy atom. The zero-order valence-corrected chi connectivity index (χ0v) is 46.0. The number of hydrogen-bond donors (Lipinski definition) is 7. The third-order valence-corrected chi connectivity index (χ3v) is 13.5. The van der Waals surface area contributed by atoms with Crippen molar-refractivity contribution in [1.82, 2.24) is 0 Å². The first-order valence-corrected chi connectivity index (χ1v) is 29.0. The van der Waals surface area contributed by atoms with Gasteiger partial charge in [-0.05, 0) is 51.4 Å². The molecular formula is C60H102O15. The van der Waals surface area contributed by atoms with Crippen LogP contribution in [0.25, 0.3) is 0 Å². The van der Waals surface area contributed by atoms with Crippen LogP contribution in [-0.2, 0) is 38.0 Å². The van der Waals surface area contributed by atoms with E-state index in [9.17, 15) is 45.3 Å². The molecule has 75 heavy (non-hydrogen) atoms. The Labute approximate surface area is 451 Å². The summed E-state index contributed by atoms with van der Waals surface area (Å²) < 4.78 is 33.6. The molecule has 15 nitrogen and oxygen atoms in total. The Morgan fingerprint density at radius 2 is 0.840 bits per heavy atom. The summed E-state index contributed by atoms with van der Waals surface area (Å²) in [6.07, 6.45) is 39.4.